The van der Waals surface area contributed by atoms with Gasteiger partial charge in [0.25, 0.3) is 5.56 Å². The number of nitrogens with zero attached hydrogens (tertiary/aromatic N) is 4. The Kier molecular flexibility index (Phi) is 3.79. The Morgan fingerprint density at radius 3 is 2.48 bits per heavy atom. The summed E-state index contributed by atoms with van der Waals surface area (Å²) in [6.45, 7) is 1.59. The Bertz CT molecular complexity index is 813. The molecule has 2 rings (SSSR count). The van der Waals surface area contributed by atoms with E-state index in [4.69, 9.17) is 4.74 Å². The van der Waals surface area contributed by atoms with E-state index in [1.54, 1.807) is 18.7 Å². The van der Waals surface area contributed by atoms with Gasteiger partial charge in [-0.1, -0.05) is 0 Å². The molecule has 0 saturated heterocycles. The molecule has 0 N–H and O–H groups in total. The number of ether oxygens (including phenoxy) is 1. The molecule has 8 nitrogen and oxygen atoms in total. The SMILES string of the molecule is Cc1c(C(=O)OCc2cc(=O)n(C)c(=O)n2C)cnn1C. The molecule has 2 aromatic rings. The van der Waals surface area contributed by atoms with Crippen LogP contribution in [0.4, 0.5) is 0 Å². The third-order valence-corrected chi connectivity index (χ3v) is 3.43. The van der Waals surface area contributed by atoms with Crippen LogP contribution in [0.3, 0.4) is 0 Å². The highest BCUT2D eigenvalue weighted by molar-refractivity contribution is 5.90. The molecular weight excluding hydrogens is 276 g/mol. The minimum Gasteiger partial charge on any atom is -0.456 e. The maximum absolute atomic E-state index is 12.0. The van der Waals surface area contributed by atoms with Gasteiger partial charge in [-0.2, -0.15) is 5.10 Å². The molecule has 0 aliphatic carbocycles. The Labute approximate surface area is 120 Å². The van der Waals surface area contributed by atoms with E-state index < -0.39 is 17.2 Å². The molecule has 0 fully saturated rings. The van der Waals surface area contributed by atoms with E-state index in [0.29, 0.717) is 17.0 Å². The Morgan fingerprint density at radius 2 is 1.90 bits per heavy atom. The normalized spacial score (nSPS) is 10.7. The lowest BCUT2D eigenvalue weighted by Gasteiger charge is -2.09. The Balaban J connectivity index is 2.21. The lowest BCUT2D eigenvalue weighted by Crippen LogP contribution is -2.38. The summed E-state index contributed by atoms with van der Waals surface area (Å²) in [7, 11) is 4.62. The van der Waals surface area contributed by atoms with Crippen molar-refractivity contribution in [3.05, 3.63) is 50.1 Å². The second-order valence-electron chi connectivity index (χ2n) is 4.72. The van der Waals surface area contributed by atoms with Gasteiger partial charge >= 0.3 is 11.7 Å². The fraction of sp³-hybridized carbons (Fsp3) is 0.385. The predicted molar refractivity (Wildman–Crippen MR) is 74.0 cm³/mol. The van der Waals surface area contributed by atoms with Crippen molar-refractivity contribution in [1.82, 2.24) is 18.9 Å². The van der Waals surface area contributed by atoms with Gasteiger partial charge in [0, 0.05) is 32.9 Å². The van der Waals surface area contributed by atoms with Crippen LogP contribution in [0.15, 0.2) is 21.9 Å². The fourth-order valence-corrected chi connectivity index (χ4v) is 1.83. The summed E-state index contributed by atoms with van der Waals surface area (Å²) < 4.78 is 8.95. The fourth-order valence-electron chi connectivity index (χ4n) is 1.83. The van der Waals surface area contributed by atoms with Gasteiger partial charge in [-0.3, -0.25) is 18.6 Å². The zero-order chi connectivity index (χ0) is 15.7. The van der Waals surface area contributed by atoms with Gasteiger partial charge in [0.1, 0.15) is 12.2 Å². The molecule has 112 valence electrons. The van der Waals surface area contributed by atoms with Crippen LogP contribution in [0.5, 0.6) is 0 Å². The average Bonchev–Trinajstić information content (AvgIpc) is 2.79. The van der Waals surface area contributed by atoms with Crippen LogP contribution in [0.2, 0.25) is 0 Å². The molecule has 0 bridgehead atoms. The molecule has 0 atom stereocenters. The number of esters is 1. The quantitative estimate of drug-likeness (QED) is 0.710. The zero-order valence-electron chi connectivity index (χ0n) is 12.3. The van der Waals surface area contributed by atoms with E-state index in [-0.39, 0.29) is 6.61 Å². The number of aromatic nitrogens is 4. The molecule has 0 saturated carbocycles. The van der Waals surface area contributed by atoms with Crippen LogP contribution in [-0.4, -0.2) is 24.9 Å². The maximum atomic E-state index is 12.0. The van der Waals surface area contributed by atoms with Crippen molar-refractivity contribution in [3.63, 3.8) is 0 Å². The van der Waals surface area contributed by atoms with Crippen molar-refractivity contribution in [2.45, 2.75) is 13.5 Å². The molecule has 0 radical (unpaired) electrons. The van der Waals surface area contributed by atoms with E-state index in [1.807, 2.05) is 0 Å². The summed E-state index contributed by atoms with van der Waals surface area (Å²) in [4.78, 5) is 35.3. The highest BCUT2D eigenvalue weighted by Crippen LogP contribution is 2.08. The summed E-state index contributed by atoms with van der Waals surface area (Å²) >= 11 is 0. The molecule has 0 aliphatic heterocycles. The van der Waals surface area contributed by atoms with Crippen molar-refractivity contribution < 1.29 is 9.53 Å². The van der Waals surface area contributed by atoms with Crippen LogP contribution in [0.1, 0.15) is 21.7 Å². The van der Waals surface area contributed by atoms with E-state index in [1.165, 1.54) is 30.9 Å². The molecular formula is C13H16N4O4. The minimum absolute atomic E-state index is 0.158. The first-order valence-corrected chi connectivity index (χ1v) is 6.24. The zero-order valence-corrected chi connectivity index (χ0v) is 12.3. The molecule has 21 heavy (non-hydrogen) atoms. The standard InChI is InChI=1S/C13H16N4O4/c1-8-10(6-14-17(8)4)12(19)21-7-9-5-11(18)16(3)13(20)15(9)2/h5-6H,7H2,1-4H3. The van der Waals surface area contributed by atoms with Crippen LogP contribution in [0.25, 0.3) is 0 Å². The molecule has 0 aromatic carbocycles. The van der Waals surface area contributed by atoms with Gasteiger partial charge in [-0.15, -0.1) is 0 Å². The van der Waals surface area contributed by atoms with E-state index in [2.05, 4.69) is 5.10 Å². The highest BCUT2D eigenvalue weighted by Gasteiger charge is 2.15. The van der Waals surface area contributed by atoms with E-state index in [0.717, 1.165) is 4.57 Å². The number of rotatable bonds is 3. The number of hydrogen-bond donors (Lipinski definition) is 0. The first-order chi connectivity index (χ1) is 9.82. The molecule has 2 heterocycles. The summed E-state index contributed by atoms with van der Waals surface area (Å²) in [5.74, 6) is -0.547. The van der Waals surface area contributed by atoms with Crippen molar-refractivity contribution in [2.24, 2.45) is 21.1 Å². The number of carbonyl (C=O) groups is 1. The van der Waals surface area contributed by atoms with Gasteiger partial charge in [0.2, 0.25) is 0 Å². The molecule has 0 aliphatic rings. The van der Waals surface area contributed by atoms with Crippen molar-refractivity contribution in [1.29, 1.82) is 0 Å². The lowest BCUT2D eigenvalue weighted by molar-refractivity contribution is 0.0461. The Morgan fingerprint density at radius 1 is 1.24 bits per heavy atom. The van der Waals surface area contributed by atoms with E-state index in [9.17, 15) is 14.4 Å². The smallest absolute Gasteiger partial charge is 0.342 e. The summed E-state index contributed by atoms with van der Waals surface area (Å²) in [5.41, 5.74) is 0.454. The van der Waals surface area contributed by atoms with Gasteiger partial charge < -0.3 is 4.74 Å². The van der Waals surface area contributed by atoms with Crippen molar-refractivity contribution in [3.8, 4) is 0 Å². The number of hydrogen-bond acceptors (Lipinski definition) is 5. The minimum atomic E-state index is -0.547. The Hall–Kier alpha value is -2.64. The van der Waals surface area contributed by atoms with Crippen LogP contribution >= 0.6 is 0 Å². The van der Waals surface area contributed by atoms with Crippen molar-refractivity contribution in [2.75, 3.05) is 0 Å². The molecule has 8 heteroatoms. The third kappa shape index (κ3) is 2.64. The van der Waals surface area contributed by atoms with Gasteiger partial charge in [0.15, 0.2) is 0 Å². The second kappa shape index (κ2) is 5.39. The molecule has 0 unspecified atom stereocenters. The monoisotopic (exact) mass is 292 g/mol. The van der Waals surface area contributed by atoms with Gasteiger partial charge in [0.05, 0.1) is 11.9 Å². The number of aryl methyl sites for hydroxylation is 1. The summed E-state index contributed by atoms with van der Waals surface area (Å²) in [6, 6.07) is 1.27. The van der Waals surface area contributed by atoms with Crippen LogP contribution in [0, 0.1) is 6.92 Å². The van der Waals surface area contributed by atoms with Crippen molar-refractivity contribution >= 4 is 5.97 Å². The summed E-state index contributed by atoms with van der Waals surface area (Å²) in [6.07, 6.45) is 1.42. The largest absolute Gasteiger partial charge is 0.456 e. The first-order valence-electron chi connectivity index (χ1n) is 6.24. The van der Waals surface area contributed by atoms with E-state index >= 15 is 0 Å². The van der Waals surface area contributed by atoms with Crippen LogP contribution in [-0.2, 0) is 32.5 Å². The summed E-state index contributed by atoms with van der Waals surface area (Å²) in [5, 5.41) is 3.96. The molecule has 0 spiro atoms. The van der Waals surface area contributed by atoms with Gasteiger partial charge in [-0.25, -0.2) is 9.59 Å². The molecule has 2 aromatic heterocycles. The third-order valence-electron chi connectivity index (χ3n) is 3.43. The van der Waals surface area contributed by atoms with Gasteiger partial charge in [-0.05, 0) is 6.92 Å². The topological polar surface area (TPSA) is 88.1 Å². The van der Waals surface area contributed by atoms with Crippen LogP contribution < -0.4 is 11.2 Å². The molecule has 0 amide bonds. The first kappa shape index (κ1) is 14.8. The average molecular weight is 292 g/mol. The highest BCUT2D eigenvalue weighted by atomic mass is 16.5. The maximum Gasteiger partial charge on any atom is 0.342 e. The second-order valence-corrected chi connectivity index (χ2v) is 4.72. The predicted octanol–water partition coefficient (Wildman–Crippen LogP) is -0.517. The number of carbonyl (C=O) groups excluding carboxylic acids is 1. The lowest BCUT2D eigenvalue weighted by atomic mass is 10.3.